The van der Waals surface area contributed by atoms with E-state index in [1.165, 1.54) is 0 Å². The van der Waals surface area contributed by atoms with Crippen molar-refractivity contribution in [2.75, 3.05) is 13.9 Å². The molecule has 1 aliphatic heterocycles. The number of nitrogens with one attached hydrogen (secondary N) is 1. The highest BCUT2D eigenvalue weighted by Gasteiger charge is 2.14. The number of ether oxygens (including phenoxy) is 4. The van der Waals surface area contributed by atoms with Gasteiger partial charge >= 0.3 is 0 Å². The average molecular weight is 782 g/mol. The summed E-state index contributed by atoms with van der Waals surface area (Å²) in [6.07, 6.45) is 1.60. The lowest BCUT2D eigenvalue weighted by Gasteiger charge is -2.12. The number of methoxy groups -OCH3 is 1. The Balaban J connectivity index is 1.39. The van der Waals surface area contributed by atoms with Gasteiger partial charge in [0.25, 0.3) is 5.91 Å². The van der Waals surface area contributed by atoms with Crippen LogP contribution in [0, 0.1) is 10.7 Å². The molecule has 0 saturated heterocycles. The molecule has 33 heavy (non-hydrogen) atoms. The summed E-state index contributed by atoms with van der Waals surface area (Å²) in [7, 11) is 1.57. The number of carbonyl (C=O) groups is 1. The second-order valence-electron chi connectivity index (χ2n) is 6.84. The van der Waals surface area contributed by atoms with E-state index in [0.717, 1.165) is 39.1 Å². The molecule has 4 rings (SSSR count). The van der Waals surface area contributed by atoms with Gasteiger partial charge in [-0.05, 0) is 121 Å². The van der Waals surface area contributed by atoms with Crippen LogP contribution in [-0.4, -0.2) is 26.0 Å². The molecule has 1 aliphatic rings. The van der Waals surface area contributed by atoms with E-state index < -0.39 is 0 Å². The standard InChI is InChI=1S/C23H17I3N2O5/c1-30-20-9-15(3-4-16(20)24)23(29)28-27-10-14-6-17(25)22(18(26)7-14)31-11-13-2-5-19-21(8-13)33-12-32-19/h2-10H,11-12H2,1H3,(H,28,29)/b27-10-. The van der Waals surface area contributed by atoms with Crippen molar-refractivity contribution in [3.05, 3.63) is 75.9 Å². The summed E-state index contributed by atoms with van der Waals surface area (Å²) >= 11 is 6.61. The van der Waals surface area contributed by atoms with Gasteiger partial charge in [-0.15, -0.1) is 0 Å². The highest BCUT2D eigenvalue weighted by atomic mass is 127. The molecule has 170 valence electrons. The lowest BCUT2D eigenvalue weighted by atomic mass is 10.2. The van der Waals surface area contributed by atoms with E-state index in [0.29, 0.717) is 17.9 Å². The molecule has 0 atom stereocenters. The Morgan fingerprint density at radius 1 is 1.03 bits per heavy atom. The van der Waals surface area contributed by atoms with Crippen molar-refractivity contribution in [3.63, 3.8) is 0 Å². The minimum absolute atomic E-state index is 0.248. The zero-order chi connectivity index (χ0) is 23.4. The first kappa shape index (κ1) is 24.3. The molecule has 10 heteroatoms. The van der Waals surface area contributed by atoms with E-state index in [2.05, 4.69) is 78.3 Å². The second kappa shape index (κ2) is 11.1. The maximum absolute atomic E-state index is 12.4. The zero-order valence-electron chi connectivity index (χ0n) is 17.2. The topological polar surface area (TPSA) is 78.4 Å². The molecule has 0 saturated carbocycles. The Kier molecular flexibility index (Phi) is 8.16. The molecule has 0 radical (unpaired) electrons. The zero-order valence-corrected chi connectivity index (χ0v) is 23.7. The van der Waals surface area contributed by atoms with Crippen LogP contribution in [0.5, 0.6) is 23.0 Å². The summed E-state index contributed by atoms with van der Waals surface area (Å²) in [5, 5.41) is 4.09. The number of halogens is 3. The number of nitrogens with zero attached hydrogens (tertiary/aromatic N) is 1. The molecule has 3 aromatic rings. The number of hydrazone groups is 1. The van der Waals surface area contributed by atoms with Crippen molar-refractivity contribution in [2.45, 2.75) is 6.61 Å². The fourth-order valence-corrected chi connectivity index (χ4v) is 5.69. The Hall–Kier alpha value is -1.81. The minimum Gasteiger partial charge on any atom is -0.496 e. The largest absolute Gasteiger partial charge is 0.496 e. The minimum atomic E-state index is -0.311. The lowest BCUT2D eigenvalue weighted by Crippen LogP contribution is -2.17. The summed E-state index contributed by atoms with van der Waals surface area (Å²) < 4.78 is 24.9. The predicted molar refractivity (Wildman–Crippen MR) is 150 cm³/mol. The first-order valence-electron chi connectivity index (χ1n) is 9.62. The molecule has 7 nitrogen and oxygen atoms in total. The van der Waals surface area contributed by atoms with E-state index >= 15 is 0 Å². The third-order valence-corrected chi connectivity index (χ3v) is 7.13. The van der Waals surface area contributed by atoms with E-state index in [4.69, 9.17) is 18.9 Å². The van der Waals surface area contributed by atoms with Crippen LogP contribution in [0.1, 0.15) is 21.5 Å². The van der Waals surface area contributed by atoms with Crippen LogP contribution in [0.2, 0.25) is 0 Å². The van der Waals surface area contributed by atoms with Crippen molar-refractivity contribution >= 4 is 79.9 Å². The monoisotopic (exact) mass is 782 g/mol. The van der Waals surface area contributed by atoms with Gasteiger partial charge in [-0.2, -0.15) is 5.10 Å². The lowest BCUT2D eigenvalue weighted by molar-refractivity contribution is 0.0954. The fraction of sp³-hybridized carbons (Fsp3) is 0.130. The summed E-state index contributed by atoms with van der Waals surface area (Å²) in [4.78, 5) is 12.4. The Morgan fingerprint density at radius 2 is 1.79 bits per heavy atom. The van der Waals surface area contributed by atoms with E-state index in [9.17, 15) is 4.79 Å². The van der Waals surface area contributed by atoms with E-state index in [1.54, 1.807) is 25.5 Å². The first-order valence-corrected chi connectivity index (χ1v) is 12.9. The van der Waals surface area contributed by atoms with Crippen molar-refractivity contribution in [3.8, 4) is 23.0 Å². The number of carbonyl (C=O) groups excluding carboxylic acids is 1. The number of fused-ring (bicyclic) bond motifs is 1. The van der Waals surface area contributed by atoms with Crippen LogP contribution in [-0.2, 0) is 6.61 Å². The molecule has 0 fully saturated rings. The summed E-state index contributed by atoms with van der Waals surface area (Å²) in [5.41, 5.74) is 4.87. The first-order chi connectivity index (χ1) is 15.9. The van der Waals surface area contributed by atoms with Crippen LogP contribution >= 0.6 is 67.8 Å². The Morgan fingerprint density at radius 3 is 2.55 bits per heavy atom. The van der Waals surface area contributed by atoms with Crippen molar-refractivity contribution < 1.29 is 23.7 Å². The molecular weight excluding hydrogens is 765 g/mol. The van der Waals surface area contributed by atoms with Gasteiger partial charge < -0.3 is 18.9 Å². The fourth-order valence-electron chi connectivity index (χ4n) is 3.01. The quantitative estimate of drug-likeness (QED) is 0.193. The van der Waals surface area contributed by atoms with Gasteiger partial charge in [0.1, 0.15) is 18.1 Å². The van der Waals surface area contributed by atoms with Crippen molar-refractivity contribution in [1.82, 2.24) is 5.43 Å². The molecule has 0 aliphatic carbocycles. The van der Waals surface area contributed by atoms with Crippen LogP contribution < -0.4 is 24.4 Å². The molecular formula is C23H17I3N2O5. The maximum atomic E-state index is 12.4. The summed E-state index contributed by atoms with van der Waals surface area (Å²) in [6, 6.07) is 14.9. The van der Waals surface area contributed by atoms with Gasteiger partial charge in [0, 0.05) is 5.56 Å². The van der Waals surface area contributed by atoms with Crippen LogP contribution in [0.25, 0.3) is 0 Å². The molecule has 0 aromatic heterocycles. The Bertz CT molecular complexity index is 1210. The highest BCUT2D eigenvalue weighted by molar-refractivity contribution is 14.1. The molecule has 1 heterocycles. The Labute approximate surface area is 231 Å². The third kappa shape index (κ3) is 6.01. The molecule has 1 amide bonds. The van der Waals surface area contributed by atoms with Crippen LogP contribution in [0.3, 0.4) is 0 Å². The molecule has 0 unspecified atom stereocenters. The molecule has 3 aromatic carbocycles. The average Bonchev–Trinajstić information content (AvgIpc) is 3.26. The molecule has 0 spiro atoms. The second-order valence-corrected chi connectivity index (χ2v) is 10.3. The molecule has 1 N–H and O–H groups in total. The van der Waals surface area contributed by atoms with Crippen LogP contribution in [0.4, 0.5) is 0 Å². The SMILES string of the molecule is COc1cc(C(=O)N/N=C\c2cc(I)c(OCc3ccc4c(c3)OCO4)c(I)c2)ccc1I. The summed E-state index contributed by atoms with van der Waals surface area (Å²) in [5.74, 6) is 2.61. The number of rotatable bonds is 7. The van der Waals surface area contributed by atoms with Crippen molar-refractivity contribution in [1.29, 1.82) is 0 Å². The van der Waals surface area contributed by atoms with Gasteiger partial charge in [-0.1, -0.05) is 6.07 Å². The highest BCUT2D eigenvalue weighted by Crippen LogP contribution is 2.34. The van der Waals surface area contributed by atoms with Gasteiger partial charge in [0.2, 0.25) is 6.79 Å². The number of benzene rings is 3. The smallest absolute Gasteiger partial charge is 0.271 e. The van der Waals surface area contributed by atoms with Gasteiger partial charge in [0.15, 0.2) is 11.5 Å². The number of hydrogen-bond acceptors (Lipinski definition) is 6. The van der Waals surface area contributed by atoms with Crippen molar-refractivity contribution in [2.24, 2.45) is 5.10 Å². The number of hydrogen-bond donors (Lipinski definition) is 1. The maximum Gasteiger partial charge on any atom is 0.271 e. The van der Waals surface area contributed by atoms with Gasteiger partial charge in [-0.25, -0.2) is 5.43 Å². The van der Waals surface area contributed by atoms with E-state index in [1.807, 2.05) is 36.4 Å². The van der Waals surface area contributed by atoms with E-state index in [-0.39, 0.29) is 12.7 Å². The van der Waals surface area contributed by atoms with Gasteiger partial charge in [0.05, 0.1) is 24.0 Å². The number of amides is 1. The normalized spacial score (nSPS) is 12.1. The predicted octanol–water partition coefficient (Wildman–Crippen LogP) is 5.58. The van der Waals surface area contributed by atoms with Gasteiger partial charge in [-0.3, -0.25) is 4.79 Å². The van der Waals surface area contributed by atoms with Crippen LogP contribution in [0.15, 0.2) is 53.6 Å². The summed E-state index contributed by atoms with van der Waals surface area (Å²) in [6.45, 7) is 0.656. The third-order valence-electron chi connectivity index (χ3n) is 4.63. The molecule has 0 bridgehead atoms.